The van der Waals surface area contributed by atoms with Crippen LogP contribution in [0.3, 0.4) is 0 Å². The highest BCUT2D eigenvalue weighted by Gasteiger charge is 2.11. The summed E-state index contributed by atoms with van der Waals surface area (Å²) in [6, 6.07) is 13.4. The third-order valence-electron chi connectivity index (χ3n) is 3.26. The van der Waals surface area contributed by atoms with Crippen molar-refractivity contribution in [1.29, 1.82) is 0 Å². The third-order valence-corrected chi connectivity index (χ3v) is 3.26. The first-order valence-corrected chi connectivity index (χ1v) is 7.17. The maximum absolute atomic E-state index is 12.2. The Bertz CT molecular complexity index is 986. The van der Waals surface area contributed by atoms with Crippen molar-refractivity contribution in [2.24, 2.45) is 0 Å². The van der Waals surface area contributed by atoms with Crippen LogP contribution in [0.25, 0.3) is 11.0 Å². The fourth-order valence-corrected chi connectivity index (χ4v) is 2.07. The minimum absolute atomic E-state index is 0.232. The zero-order chi connectivity index (χ0) is 17.8. The van der Waals surface area contributed by atoms with Crippen LogP contribution in [0.1, 0.15) is 10.4 Å². The molecule has 3 rings (SSSR count). The highest BCUT2D eigenvalue weighted by Crippen LogP contribution is 2.21. The van der Waals surface area contributed by atoms with Gasteiger partial charge in [-0.05, 0) is 42.5 Å². The molecule has 126 valence electrons. The number of carbonyl (C=O) groups excluding carboxylic acids is 2. The summed E-state index contributed by atoms with van der Waals surface area (Å²) in [4.78, 5) is 34.4. The maximum atomic E-state index is 12.2. The molecule has 1 heterocycles. The second-order valence-corrected chi connectivity index (χ2v) is 4.92. The van der Waals surface area contributed by atoms with Crippen LogP contribution in [0.4, 0.5) is 4.79 Å². The van der Waals surface area contributed by atoms with Gasteiger partial charge in [0, 0.05) is 17.5 Å². The van der Waals surface area contributed by atoms with Gasteiger partial charge in [-0.3, -0.25) is 0 Å². The fourth-order valence-electron chi connectivity index (χ4n) is 2.07. The van der Waals surface area contributed by atoms with E-state index in [2.05, 4.69) is 4.74 Å². The molecule has 1 aromatic heterocycles. The summed E-state index contributed by atoms with van der Waals surface area (Å²) in [5, 5.41) is 0.712. The van der Waals surface area contributed by atoms with Crippen molar-refractivity contribution in [3.8, 4) is 11.5 Å². The van der Waals surface area contributed by atoms with E-state index in [-0.39, 0.29) is 17.1 Å². The molecule has 7 heteroatoms. The molecule has 0 atom stereocenters. The molecule has 0 unspecified atom stereocenters. The summed E-state index contributed by atoms with van der Waals surface area (Å²) in [6.45, 7) is 0. The second-order valence-electron chi connectivity index (χ2n) is 4.92. The van der Waals surface area contributed by atoms with Gasteiger partial charge in [0.05, 0.1) is 12.7 Å². The van der Waals surface area contributed by atoms with E-state index >= 15 is 0 Å². The number of hydrogen-bond acceptors (Lipinski definition) is 7. The zero-order valence-electron chi connectivity index (χ0n) is 13.1. The fraction of sp³-hybridized carbons (Fsp3) is 0.0556. The molecule has 0 saturated carbocycles. The van der Waals surface area contributed by atoms with Gasteiger partial charge >= 0.3 is 17.8 Å². The molecule has 0 aliphatic rings. The first-order chi connectivity index (χ1) is 12.0. The number of carbonyl (C=O) groups is 2. The van der Waals surface area contributed by atoms with E-state index in [9.17, 15) is 14.4 Å². The Balaban J connectivity index is 1.75. The normalized spacial score (nSPS) is 10.3. The first-order valence-electron chi connectivity index (χ1n) is 7.17. The maximum Gasteiger partial charge on any atom is 0.513 e. The average molecular weight is 340 g/mol. The van der Waals surface area contributed by atoms with Crippen LogP contribution in [0.15, 0.2) is 63.8 Å². The first kappa shape index (κ1) is 16.3. The lowest BCUT2D eigenvalue weighted by Crippen LogP contribution is -2.10. The van der Waals surface area contributed by atoms with Gasteiger partial charge in [-0.2, -0.15) is 0 Å². The quantitative estimate of drug-likeness (QED) is 0.313. The van der Waals surface area contributed by atoms with Gasteiger partial charge in [0.2, 0.25) is 0 Å². The van der Waals surface area contributed by atoms with Gasteiger partial charge in [0.25, 0.3) is 0 Å². The van der Waals surface area contributed by atoms with Crippen LogP contribution in [0.2, 0.25) is 0 Å². The molecule has 0 bridgehead atoms. The van der Waals surface area contributed by atoms with Gasteiger partial charge in [-0.15, -0.1) is 0 Å². The largest absolute Gasteiger partial charge is 0.513 e. The Morgan fingerprint density at radius 3 is 2.28 bits per heavy atom. The minimum atomic E-state index is -0.854. The molecular formula is C18H12O7. The molecule has 0 saturated heterocycles. The molecule has 3 aromatic rings. The van der Waals surface area contributed by atoms with E-state index in [0.717, 1.165) is 0 Å². The lowest BCUT2D eigenvalue weighted by Gasteiger charge is -2.06. The van der Waals surface area contributed by atoms with Crippen molar-refractivity contribution >= 4 is 23.1 Å². The smallest absolute Gasteiger partial charge is 0.437 e. The SMILES string of the molecule is COC(=O)Oc1ccc(C(=O)Oc2ccc3ccc(=O)oc3c2)cc1. The van der Waals surface area contributed by atoms with Crippen molar-refractivity contribution < 1.29 is 28.2 Å². The standard InChI is InChI=1S/C18H12O7/c1-22-18(21)24-13-6-3-12(4-7-13)17(20)23-14-8-2-11-5-9-16(19)25-15(11)10-14/h2-10H,1H3. The third kappa shape index (κ3) is 3.84. The van der Waals surface area contributed by atoms with Crippen molar-refractivity contribution in [2.75, 3.05) is 7.11 Å². The number of methoxy groups -OCH3 is 1. The van der Waals surface area contributed by atoms with E-state index in [4.69, 9.17) is 13.9 Å². The summed E-state index contributed by atoms with van der Waals surface area (Å²) in [7, 11) is 1.19. The molecule has 0 fully saturated rings. The number of fused-ring (bicyclic) bond motifs is 1. The molecule has 0 amide bonds. The Hall–Kier alpha value is -3.61. The van der Waals surface area contributed by atoms with Crippen molar-refractivity contribution in [2.45, 2.75) is 0 Å². The van der Waals surface area contributed by atoms with Crippen LogP contribution < -0.4 is 15.1 Å². The highest BCUT2D eigenvalue weighted by atomic mass is 16.7. The predicted molar refractivity (Wildman–Crippen MR) is 86.9 cm³/mol. The average Bonchev–Trinajstić information content (AvgIpc) is 2.61. The van der Waals surface area contributed by atoms with Gasteiger partial charge in [0.15, 0.2) is 0 Å². The second kappa shape index (κ2) is 6.88. The van der Waals surface area contributed by atoms with Gasteiger partial charge in [-0.1, -0.05) is 0 Å². The van der Waals surface area contributed by atoms with Crippen LogP contribution in [0, 0.1) is 0 Å². The van der Waals surface area contributed by atoms with E-state index in [0.29, 0.717) is 11.0 Å². The van der Waals surface area contributed by atoms with Crippen LogP contribution in [0.5, 0.6) is 11.5 Å². The topological polar surface area (TPSA) is 92.0 Å². The van der Waals surface area contributed by atoms with Crippen molar-refractivity contribution in [3.05, 3.63) is 70.6 Å². The van der Waals surface area contributed by atoms with Crippen molar-refractivity contribution in [3.63, 3.8) is 0 Å². The van der Waals surface area contributed by atoms with Gasteiger partial charge in [0.1, 0.15) is 17.1 Å². The Morgan fingerprint density at radius 2 is 1.56 bits per heavy atom. The number of hydrogen-bond donors (Lipinski definition) is 0. The molecule has 2 aromatic carbocycles. The lowest BCUT2D eigenvalue weighted by molar-refractivity contribution is 0.0735. The molecule has 0 radical (unpaired) electrons. The van der Waals surface area contributed by atoms with E-state index in [1.54, 1.807) is 18.2 Å². The van der Waals surface area contributed by atoms with E-state index in [1.807, 2.05) is 0 Å². The molecular weight excluding hydrogens is 328 g/mol. The summed E-state index contributed by atoms with van der Waals surface area (Å²) < 4.78 is 19.5. The Kier molecular flexibility index (Phi) is 4.47. The summed E-state index contributed by atoms with van der Waals surface area (Å²) >= 11 is 0. The predicted octanol–water partition coefficient (Wildman–Crippen LogP) is 3.16. The van der Waals surface area contributed by atoms with Gasteiger partial charge in [-0.25, -0.2) is 14.4 Å². The molecule has 0 spiro atoms. The molecule has 0 aliphatic heterocycles. The highest BCUT2D eigenvalue weighted by molar-refractivity contribution is 5.91. The molecule has 25 heavy (non-hydrogen) atoms. The minimum Gasteiger partial charge on any atom is -0.437 e. The van der Waals surface area contributed by atoms with Gasteiger partial charge < -0.3 is 18.6 Å². The van der Waals surface area contributed by atoms with Crippen LogP contribution >= 0.6 is 0 Å². The van der Waals surface area contributed by atoms with E-state index < -0.39 is 17.8 Å². The summed E-state index contributed by atoms with van der Waals surface area (Å²) in [5.74, 6) is -0.139. The molecule has 0 N–H and O–H groups in total. The summed E-state index contributed by atoms with van der Waals surface area (Å²) in [6.07, 6.45) is -0.854. The summed E-state index contributed by atoms with van der Waals surface area (Å²) in [5.41, 5.74) is 0.0867. The number of benzene rings is 2. The van der Waals surface area contributed by atoms with Crippen LogP contribution in [-0.2, 0) is 4.74 Å². The molecule has 7 nitrogen and oxygen atoms in total. The number of rotatable bonds is 3. The Morgan fingerprint density at radius 1 is 0.880 bits per heavy atom. The monoisotopic (exact) mass is 340 g/mol. The lowest BCUT2D eigenvalue weighted by atomic mass is 10.2. The molecule has 0 aliphatic carbocycles. The van der Waals surface area contributed by atoms with Crippen LogP contribution in [-0.4, -0.2) is 19.2 Å². The van der Waals surface area contributed by atoms with Crippen molar-refractivity contribution in [1.82, 2.24) is 0 Å². The number of ether oxygens (including phenoxy) is 3. The zero-order valence-corrected chi connectivity index (χ0v) is 13.1. The number of esters is 1. The van der Waals surface area contributed by atoms with E-state index in [1.165, 1.54) is 43.5 Å². The Labute approximate surface area is 141 Å².